The Balaban J connectivity index is 0.00000264. The van der Waals surface area contributed by atoms with E-state index in [-0.39, 0.29) is 24.0 Å². The topological polar surface area (TPSA) is 42.9 Å². The van der Waals surface area contributed by atoms with E-state index in [1.54, 1.807) is 7.05 Å². The molecular formula is C17H30IN5. The van der Waals surface area contributed by atoms with Crippen molar-refractivity contribution in [2.24, 2.45) is 4.99 Å². The minimum absolute atomic E-state index is 0. The first-order valence-corrected chi connectivity index (χ1v) is 8.19. The number of rotatable bonds is 6. The predicted octanol–water partition coefficient (Wildman–Crippen LogP) is 1.61. The maximum atomic E-state index is 4.11. The first-order valence-electron chi connectivity index (χ1n) is 8.19. The third-order valence-electron chi connectivity index (χ3n) is 4.12. The average Bonchev–Trinajstić information content (AvgIpc) is 2.57. The summed E-state index contributed by atoms with van der Waals surface area (Å²) < 4.78 is 0. The number of piperazine rings is 1. The van der Waals surface area contributed by atoms with Crippen LogP contribution in [-0.4, -0.2) is 69.1 Å². The molecule has 5 nitrogen and oxygen atoms in total. The molecule has 0 spiro atoms. The molecule has 0 aromatic heterocycles. The normalized spacial score (nSPS) is 16.7. The summed E-state index contributed by atoms with van der Waals surface area (Å²) in [6.45, 7) is 7.89. The number of nitrogens with one attached hydrogen (secondary N) is 2. The molecule has 0 bridgehead atoms. The number of aliphatic imine (C=N–C) groups is 1. The highest BCUT2D eigenvalue weighted by Gasteiger charge is 2.16. The molecule has 0 aliphatic carbocycles. The Morgan fingerprint density at radius 2 is 1.74 bits per heavy atom. The third kappa shape index (κ3) is 7.50. The summed E-state index contributed by atoms with van der Waals surface area (Å²) in [5.41, 5.74) is 1.42. The highest BCUT2D eigenvalue weighted by Crippen LogP contribution is 2.08. The Bertz CT molecular complexity index is 444. The van der Waals surface area contributed by atoms with Gasteiger partial charge < -0.3 is 15.5 Å². The van der Waals surface area contributed by atoms with Gasteiger partial charge in [0.1, 0.15) is 0 Å². The van der Waals surface area contributed by atoms with E-state index in [9.17, 15) is 0 Å². The van der Waals surface area contributed by atoms with Crippen molar-refractivity contribution in [2.75, 3.05) is 53.4 Å². The number of hydrogen-bond acceptors (Lipinski definition) is 3. The number of halogens is 1. The second-order valence-electron chi connectivity index (χ2n) is 5.71. The Morgan fingerprint density at radius 1 is 1.09 bits per heavy atom. The Morgan fingerprint density at radius 3 is 2.35 bits per heavy atom. The molecule has 0 saturated carbocycles. The smallest absolute Gasteiger partial charge is 0.190 e. The van der Waals surface area contributed by atoms with E-state index < -0.39 is 0 Å². The van der Waals surface area contributed by atoms with Gasteiger partial charge in [-0.2, -0.15) is 0 Å². The van der Waals surface area contributed by atoms with Crippen molar-refractivity contribution < 1.29 is 0 Å². The zero-order chi connectivity index (χ0) is 15.6. The zero-order valence-electron chi connectivity index (χ0n) is 14.3. The van der Waals surface area contributed by atoms with E-state index in [0.29, 0.717) is 0 Å². The van der Waals surface area contributed by atoms with Crippen LogP contribution < -0.4 is 10.6 Å². The van der Waals surface area contributed by atoms with Gasteiger partial charge in [-0.1, -0.05) is 30.3 Å². The van der Waals surface area contributed by atoms with Crippen LogP contribution in [0.25, 0.3) is 0 Å². The van der Waals surface area contributed by atoms with Gasteiger partial charge in [0.15, 0.2) is 5.96 Å². The molecule has 2 N–H and O–H groups in total. The first kappa shape index (κ1) is 20.2. The summed E-state index contributed by atoms with van der Waals surface area (Å²) in [5.74, 6) is 0.868. The van der Waals surface area contributed by atoms with Crippen LogP contribution in [0.15, 0.2) is 35.3 Å². The molecular weight excluding hydrogens is 401 g/mol. The molecule has 0 amide bonds. The molecule has 1 aromatic carbocycles. The van der Waals surface area contributed by atoms with Crippen LogP contribution in [-0.2, 0) is 6.54 Å². The summed E-state index contributed by atoms with van der Waals surface area (Å²) in [6.07, 6.45) is 1.15. The number of hydrogen-bond donors (Lipinski definition) is 2. The highest BCUT2D eigenvalue weighted by molar-refractivity contribution is 14.0. The lowest BCUT2D eigenvalue weighted by Crippen LogP contribution is -2.46. The minimum Gasteiger partial charge on any atom is -0.359 e. The van der Waals surface area contributed by atoms with Crippen LogP contribution >= 0.6 is 24.0 Å². The summed E-state index contributed by atoms with van der Waals surface area (Å²) in [5, 5.41) is 6.34. The molecule has 0 atom stereocenters. The molecule has 6 heteroatoms. The monoisotopic (exact) mass is 431 g/mol. The van der Waals surface area contributed by atoms with Crippen molar-refractivity contribution in [2.45, 2.75) is 13.0 Å². The zero-order valence-corrected chi connectivity index (χ0v) is 16.6. The van der Waals surface area contributed by atoms with E-state index in [0.717, 1.165) is 32.0 Å². The fourth-order valence-corrected chi connectivity index (χ4v) is 2.80. The van der Waals surface area contributed by atoms with Gasteiger partial charge in [0.25, 0.3) is 0 Å². The molecule has 0 unspecified atom stereocenters. The third-order valence-corrected chi connectivity index (χ3v) is 4.12. The van der Waals surface area contributed by atoms with Crippen LogP contribution in [0.3, 0.4) is 0 Å². The lowest BCUT2D eigenvalue weighted by molar-refractivity contribution is 0.126. The standard InChI is InChI=1S/C17H29N5.HI/c1-18-17(19-2)20-9-6-10-21-11-13-22(14-12-21)15-16-7-4-3-5-8-16;/h3-5,7-8H,6,9-15H2,1-2H3,(H2,18,19,20);1H. The Kier molecular flexibility index (Phi) is 10.2. The molecule has 1 aromatic rings. The molecule has 1 saturated heterocycles. The summed E-state index contributed by atoms with van der Waals surface area (Å²) in [4.78, 5) is 9.22. The molecule has 0 radical (unpaired) electrons. The number of guanidine groups is 1. The van der Waals surface area contributed by atoms with Gasteiger partial charge in [-0.05, 0) is 18.5 Å². The lowest BCUT2D eigenvalue weighted by atomic mass is 10.2. The SMILES string of the molecule is CN=C(NC)NCCCN1CCN(Cc2ccccc2)CC1.I. The van der Waals surface area contributed by atoms with Gasteiger partial charge in [0, 0.05) is 53.4 Å². The fraction of sp³-hybridized carbons (Fsp3) is 0.588. The molecule has 2 rings (SSSR count). The lowest BCUT2D eigenvalue weighted by Gasteiger charge is -2.34. The summed E-state index contributed by atoms with van der Waals surface area (Å²) in [7, 11) is 3.69. The summed E-state index contributed by atoms with van der Waals surface area (Å²) >= 11 is 0. The number of nitrogens with zero attached hydrogens (tertiary/aromatic N) is 3. The van der Waals surface area contributed by atoms with Gasteiger partial charge in [0.05, 0.1) is 0 Å². The Labute approximate surface area is 157 Å². The maximum absolute atomic E-state index is 4.11. The van der Waals surface area contributed by atoms with Gasteiger partial charge >= 0.3 is 0 Å². The van der Waals surface area contributed by atoms with Crippen molar-refractivity contribution in [3.05, 3.63) is 35.9 Å². The average molecular weight is 431 g/mol. The first-order chi connectivity index (χ1) is 10.8. The maximum Gasteiger partial charge on any atom is 0.190 e. The quantitative estimate of drug-likeness (QED) is 0.311. The van der Waals surface area contributed by atoms with Crippen LogP contribution in [0, 0.1) is 0 Å². The summed E-state index contributed by atoms with van der Waals surface area (Å²) in [6, 6.07) is 10.8. The second kappa shape index (κ2) is 11.6. The van der Waals surface area contributed by atoms with Crippen LogP contribution in [0.2, 0.25) is 0 Å². The van der Waals surface area contributed by atoms with E-state index >= 15 is 0 Å². The van der Waals surface area contributed by atoms with E-state index in [1.807, 2.05) is 7.05 Å². The van der Waals surface area contributed by atoms with Gasteiger partial charge in [-0.25, -0.2) is 0 Å². The molecule has 1 heterocycles. The van der Waals surface area contributed by atoms with Gasteiger partial charge in [0.2, 0.25) is 0 Å². The van der Waals surface area contributed by atoms with Crippen molar-refractivity contribution in [1.82, 2.24) is 20.4 Å². The highest BCUT2D eigenvalue weighted by atomic mass is 127. The van der Waals surface area contributed by atoms with Gasteiger partial charge in [-0.3, -0.25) is 9.89 Å². The van der Waals surface area contributed by atoms with Crippen molar-refractivity contribution >= 4 is 29.9 Å². The molecule has 1 aliphatic heterocycles. The van der Waals surface area contributed by atoms with Gasteiger partial charge in [-0.15, -0.1) is 24.0 Å². The molecule has 130 valence electrons. The van der Waals surface area contributed by atoms with Crippen molar-refractivity contribution in [3.8, 4) is 0 Å². The second-order valence-corrected chi connectivity index (χ2v) is 5.71. The van der Waals surface area contributed by atoms with E-state index in [1.165, 1.54) is 31.7 Å². The van der Waals surface area contributed by atoms with Crippen LogP contribution in [0.1, 0.15) is 12.0 Å². The molecule has 23 heavy (non-hydrogen) atoms. The van der Waals surface area contributed by atoms with E-state index in [2.05, 4.69) is 55.8 Å². The van der Waals surface area contributed by atoms with Crippen LogP contribution in [0.4, 0.5) is 0 Å². The van der Waals surface area contributed by atoms with Crippen molar-refractivity contribution in [1.29, 1.82) is 0 Å². The number of benzene rings is 1. The largest absolute Gasteiger partial charge is 0.359 e. The molecule has 1 fully saturated rings. The predicted molar refractivity (Wildman–Crippen MR) is 109 cm³/mol. The Hall–Kier alpha value is -0.860. The fourth-order valence-electron chi connectivity index (χ4n) is 2.80. The molecule has 1 aliphatic rings. The van der Waals surface area contributed by atoms with Crippen molar-refractivity contribution in [3.63, 3.8) is 0 Å². The minimum atomic E-state index is 0. The van der Waals surface area contributed by atoms with E-state index in [4.69, 9.17) is 0 Å². The van der Waals surface area contributed by atoms with Crippen LogP contribution in [0.5, 0.6) is 0 Å².